The maximum atomic E-state index is 13.1. The van der Waals surface area contributed by atoms with E-state index in [0.717, 1.165) is 22.9 Å². The molecule has 0 saturated carbocycles. The van der Waals surface area contributed by atoms with Gasteiger partial charge in [0.05, 0.1) is 5.69 Å². The molecule has 0 fully saturated rings. The van der Waals surface area contributed by atoms with Crippen molar-refractivity contribution in [3.05, 3.63) is 52.2 Å². The summed E-state index contributed by atoms with van der Waals surface area (Å²) in [6.07, 6.45) is 0. The lowest BCUT2D eigenvalue weighted by Crippen LogP contribution is -2.09. The van der Waals surface area contributed by atoms with E-state index in [2.05, 4.69) is 29.4 Å². The van der Waals surface area contributed by atoms with E-state index in [1.807, 2.05) is 13.8 Å². The average molecular weight is 293 g/mol. The number of benzene rings is 1. The van der Waals surface area contributed by atoms with Crippen LogP contribution in [0.3, 0.4) is 0 Å². The summed E-state index contributed by atoms with van der Waals surface area (Å²) in [5, 5.41) is 11.5. The van der Waals surface area contributed by atoms with Crippen molar-refractivity contribution >= 4 is 5.82 Å². The zero-order valence-electron chi connectivity index (χ0n) is 12.7. The minimum Gasteiger partial charge on any atom is -0.364 e. The molecule has 0 spiro atoms. The Morgan fingerprint density at radius 3 is 2.24 bits per heavy atom. The van der Waals surface area contributed by atoms with Crippen LogP contribution in [0.1, 0.15) is 43.6 Å². The second-order valence-corrected chi connectivity index (χ2v) is 5.47. The third-order valence-corrected chi connectivity index (χ3v) is 3.49. The zero-order valence-corrected chi connectivity index (χ0v) is 12.7. The molecule has 0 aliphatic rings. The molecular weight excluding hydrogens is 272 g/mol. The fraction of sp³-hybridized carbons (Fsp3) is 0.375. The number of hydrogen-bond donors (Lipinski definition) is 1. The highest BCUT2D eigenvalue weighted by atomic mass is 19.1. The molecule has 5 heteroatoms. The predicted octanol–water partition coefficient (Wildman–Crippen LogP) is 4.35. The lowest BCUT2D eigenvalue weighted by Gasteiger charge is -2.14. The molecule has 1 N–H and O–H groups in total. The highest BCUT2D eigenvalue weighted by molar-refractivity contribution is 5.48. The Labute approximate surface area is 124 Å². The first-order chi connectivity index (χ1) is 9.88. The Bertz CT molecular complexity index is 640. The second-order valence-electron chi connectivity index (χ2n) is 5.47. The van der Waals surface area contributed by atoms with E-state index in [9.17, 15) is 8.78 Å². The molecule has 0 bridgehead atoms. The average Bonchev–Trinajstić information content (AvgIpc) is 2.39. The number of halogens is 2. The number of aromatic nitrogens is 2. The Morgan fingerprint density at radius 1 is 1.05 bits per heavy atom. The van der Waals surface area contributed by atoms with Crippen molar-refractivity contribution in [3.63, 3.8) is 0 Å². The lowest BCUT2D eigenvalue weighted by atomic mass is 10.0. The van der Waals surface area contributed by atoms with Crippen molar-refractivity contribution < 1.29 is 10.2 Å². The normalized spacial score (nSPS) is 11.0. The summed E-state index contributed by atoms with van der Waals surface area (Å²) in [5.74, 6) is -0.217. The van der Waals surface area contributed by atoms with Crippen LogP contribution in [0.25, 0.3) is 0 Å². The van der Waals surface area contributed by atoms with Crippen LogP contribution in [-0.2, 0) is 6.54 Å². The first kappa shape index (κ1) is 15.4. The Kier molecular flexibility index (Phi) is 4.50. The van der Waals surface area contributed by atoms with Crippen LogP contribution >= 0.6 is 0 Å². The number of hydrogen-bond acceptors (Lipinski definition) is 3. The van der Waals surface area contributed by atoms with Crippen LogP contribution in [-0.4, -0.2) is 10.2 Å². The first-order valence-electron chi connectivity index (χ1n) is 6.91. The summed E-state index contributed by atoms with van der Waals surface area (Å²) in [5.41, 5.74) is 3.59. The van der Waals surface area contributed by atoms with Gasteiger partial charge in [0, 0.05) is 14.0 Å². The minimum atomic E-state index is -0.582. The molecule has 1 aromatic heterocycles. The van der Waals surface area contributed by atoms with Gasteiger partial charge in [0.15, 0.2) is 5.82 Å². The SMILES string of the molecule is Cc1c(NCc2cc(F)cc(F)c2)nnc(C(C)C)c1C.[HH]. The largest absolute Gasteiger partial charge is 0.364 e. The molecule has 21 heavy (non-hydrogen) atoms. The molecule has 0 aliphatic heterocycles. The number of rotatable bonds is 4. The molecule has 3 nitrogen and oxygen atoms in total. The van der Waals surface area contributed by atoms with Crippen molar-refractivity contribution in [3.8, 4) is 0 Å². The van der Waals surface area contributed by atoms with Crippen LogP contribution in [0.5, 0.6) is 0 Å². The zero-order chi connectivity index (χ0) is 15.6. The maximum Gasteiger partial charge on any atom is 0.152 e. The maximum absolute atomic E-state index is 13.1. The fourth-order valence-electron chi connectivity index (χ4n) is 2.24. The summed E-state index contributed by atoms with van der Waals surface area (Å²) < 4.78 is 26.3. The van der Waals surface area contributed by atoms with Gasteiger partial charge in [-0.05, 0) is 48.6 Å². The van der Waals surface area contributed by atoms with Gasteiger partial charge in [0.25, 0.3) is 0 Å². The predicted molar refractivity (Wildman–Crippen MR) is 81.4 cm³/mol. The molecule has 0 unspecified atom stereocenters. The molecule has 0 radical (unpaired) electrons. The first-order valence-corrected chi connectivity index (χ1v) is 6.91. The van der Waals surface area contributed by atoms with Crippen LogP contribution in [0.4, 0.5) is 14.6 Å². The van der Waals surface area contributed by atoms with Gasteiger partial charge >= 0.3 is 0 Å². The quantitative estimate of drug-likeness (QED) is 0.910. The van der Waals surface area contributed by atoms with Gasteiger partial charge in [-0.15, -0.1) is 5.10 Å². The topological polar surface area (TPSA) is 37.8 Å². The fourth-order valence-corrected chi connectivity index (χ4v) is 2.24. The minimum absolute atomic E-state index is 0. The standard InChI is InChI=1S/C16H19F2N3.H2/c1-9(2)15-10(3)11(4)16(21-20-15)19-8-12-5-13(17)7-14(18)6-12;/h5-7,9H,8H2,1-4H3,(H,19,21);1H. The van der Waals surface area contributed by atoms with Crippen molar-refractivity contribution in [2.24, 2.45) is 0 Å². The second kappa shape index (κ2) is 6.16. The van der Waals surface area contributed by atoms with Gasteiger partial charge in [-0.1, -0.05) is 13.8 Å². The highest BCUT2D eigenvalue weighted by Gasteiger charge is 2.12. The van der Waals surface area contributed by atoms with E-state index in [4.69, 9.17) is 0 Å². The van der Waals surface area contributed by atoms with E-state index < -0.39 is 11.6 Å². The van der Waals surface area contributed by atoms with Crippen LogP contribution in [0.2, 0.25) is 0 Å². The van der Waals surface area contributed by atoms with Crippen molar-refractivity contribution in [2.45, 2.75) is 40.2 Å². The molecule has 0 amide bonds. The smallest absolute Gasteiger partial charge is 0.152 e. The Hall–Kier alpha value is -2.04. The van der Waals surface area contributed by atoms with E-state index in [0.29, 0.717) is 23.8 Å². The third-order valence-electron chi connectivity index (χ3n) is 3.49. The molecule has 2 aromatic rings. The van der Waals surface area contributed by atoms with Crippen LogP contribution in [0.15, 0.2) is 18.2 Å². The summed E-state index contributed by atoms with van der Waals surface area (Å²) >= 11 is 0. The van der Waals surface area contributed by atoms with Crippen molar-refractivity contribution in [2.75, 3.05) is 5.32 Å². The van der Waals surface area contributed by atoms with Crippen molar-refractivity contribution in [1.82, 2.24) is 10.2 Å². The van der Waals surface area contributed by atoms with Crippen molar-refractivity contribution in [1.29, 1.82) is 0 Å². The summed E-state index contributed by atoms with van der Waals surface area (Å²) in [7, 11) is 0. The van der Waals surface area contributed by atoms with Crippen LogP contribution in [0, 0.1) is 25.5 Å². The lowest BCUT2D eigenvalue weighted by molar-refractivity contribution is 0.580. The molecule has 1 heterocycles. The molecule has 0 saturated heterocycles. The Morgan fingerprint density at radius 2 is 1.67 bits per heavy atom. The molecule has 2 rings (SSSR count). The molecular formula is C16H21F2N3. The number of anilines is 1. The number of nitrogens with zero attached hydrogens (tertiary/aromatic N) is 2. The molecule has 1 aromatic carbocycles. The molecule has 0 aliphatic carbocycles. The summed E-state index contributed by atoms with van der Waals surface area (Å²) in [4.78, 5) is 0. The molecule has 0 atom stereocenters. The monoisotopic (exact) mass is 293 g/mol. The summed E-state index contributed by atoms with van der Waals surface area (Å²) in [6.45, 7) is 8.40. The number of nitrogens with one attached hydrogen (secondary N) is 1. The van der Waals surface area contributed by atoms with Gasteiger partial charge in [-0.25, -0.2) is 8.78 Å². The summed E-state index contributed by atoms with van der Waals surface area (Å²) in [6, 6.07) is 3.46. The van der Waals surface area contributed by atoms with Crippen LogP contribution < -0.4 is 5.32 Å². The van der Waals surface area contributed by atoms with E-state index in [1.54, 1.807) is 0 Å². The van der Waals surface area contributed by atoms with Gasteiger partial charge in [0.2, 0.25) is 0 Å². The third kappa shape index (κ3) is 3.54. The van der Waals surface area contributed by atoms with E-state index >= 15 is 0 Å². The van der Waals surface area contributed by atoms with E-state index in [-0.39, 0.29) is 1.43 Å². The highest BCUT2D eigenvalue weighted by Crippen LogP contribution is 2.23. The van der Waals surface area contributed by atoms with E-state index in [1.165, 1.54) is 12.1 Å². The molecule has 114 valence electrons. The van der Waals surface area contributed by atoms with Gasteiger partial charge in [-0.3, -0.25) is 0 Å². The van der Waals surface area contributed by atoms with Gasteiger partial charge in [0.1, 0.15) is 11.6 Å². The van der Waals surface area contributed by atoms with Gasteiger partial charge < -0.3 is 5.32 Å². The Balaban J connectivity index is 0.00000242. The van der Waals surface area contributed by atoms with Gasteiger partial charge in [-0.2, -0.15) is 5.10 Å².